The van der Waals surface area contributed by atoms with E-state index in [2.05, 4.69) is 47.1 Å². The fourth-order valence-electron chi connectivity index (χ4n) is 4.01. The maximum absolute atomic E-state index is 9.57. The van der Waals surface area contributed by atoms with Crippen molar-refractivity contribution in [2.75, 3.05) is 33.4 Å². The smallest absolute Gasteiger partial charge is 0.122 e. The molecule has 0 amide bonds. The third kappa shape index (κ3) is 4.69. The van der Waals surface area contributed by atoms with Crippen LogP contribution in [0.15, 0.2) is 24.5 Å². The molecule has 0 spiro atoms. The van der Waals surface area contributed by atoms with Crippen molar-refractivity contribution in [3.8, 4) is 5.75 Å². The van der Waals surface area contributed by atoms with Crippen LogP contribution in [0, 0.1) is 13.8 Å². The zero-order chi connectivity index (χ0) is 19.4. The van der Waals surface area contributed by atoms with E-state index in [4.69, 9.17) is 4.74 Å². The lowest BCUT2D eigenvalue weighted by Crippen LogP contribution is -2.52. The largest absolute Gasteiger partial charge is 0.496 e. The molecule has 1 unspecified atom stereocenters. The standard InChI is InChI=1S/C21H32N4O2/c1-16-17(2)21(27-4)6-5-19(16)14-25-9-8-24(15-20(25)7-10-26)13-18-11-22-23(3)12-18/h5-6,11-12,20,26H,7-10,13-15H2,1-4H3. The topological polar surface area (TPSA) is 53.8 Å². The number of aliphatic hydroxyl groups excluding tert-OH is 1. The summed E-state index contributed by atoms with van der Waals surface area (Å²) in [6.45, 7) is 9.38. The van der Waals surface area contributed by atoms with Crippen molar-refractivity contribution in [3.63, 3.8) is 0 Å². The zero-order valence-electron chi connectivity index (χ0n) is 17.0. The van der Waals surface area contributed by atoms with Gasteiger partial charge >= 0.3 is 0 Å². The highest BCUT2D eigenvalue weighted by Gasteiger charge is 2.27. The maximum atomic E-state index is 9.57. The van der Waals surface area contributed by atoms with E-state index in [1.807, 2.05) is 17.9 Å². The molecule has 0 aliphatic carbocycles. The lowest BCUT2D eigenvalue weighted by atomic mass is 10.00. The van der Waals surface area contributed by atoms with Gasteiger partial charge in [0.05, 0.1) is 13.3 Å². The molecule has 6 nitrogen and oxygen atoms in total. The highest BCUT2D eigenvalue weighted by molar-refractivity contribution is 5.43. The van der Waals surface area contributed by atoms with Gasteiger partial charge in [0.2, 0.25) is 0 Å². The Morgan fingerprint density at radius 3 is 2.67 bits per heavy atom. The third-order valence-corrected chi connectivity index (χ3v) is 5.76. The van der Waals surface area contributed by atoms with Crippen molar-refractivity contribution >= 4 is 0 Å². The lowest BCUT2D eigenvalue weighted by Gasteiger charge is -2.41. The van der Waals surface area contributed by atoms with Gasteiger partial charge in [-0.05, 0) is 43.0 Å². The minimum absolute atomic E-state index is 0.225. The molecular weight excluding hydrogens is 340 g/mol. The van der Waals surface area contributed by atoms with Gasteiger partial charge in [0, 0.05) is 64.2 Å². The Labute approximate surface area is 162 Å². The van der Waals surface area contributed by atoms with Crippen molar-refractivity contribution in [2.24, 2.45) is 7.05 Å². The zero-order valence-corrected chi connectivity index (χ0v) is 17.0. The lowest BCUT2D eigenvalue weighted by molar-refractivity contribution is 0.0498. The molecule has 2 aromatic rings. The minimum atomic E-state index is 0.225. The second-order valence-corrected chi connectivity index (χ2v) is 7.57. The number of nitrogens with zero attached hydrogens (tertiary/aromatic N) is 4. The molecule has 6 heteroatoms. The molecule has 2 heterocycles. The molecule has 0 bridgehead atoms. The third-order valence-electron chi connectivity index (χ3n) is 5.76. The quantitative estimate of drug-likeness (QED) is 0.807. The molecule has 1 aliphatic rings. The Balaban J connectivity index is 1.68. The highest BCUT2D eigenvalue weighted by Crippen LogP contribution is 2.26. The van der Waals surface area contributed by atoms with Gasteiger partial charge in [-0.2, -0.15) is 5.10 Å². The van der Waals surface area contributed by atoms with E-state index in [-0.39, 0.29) is 6.61 Å². The van der Waals surface area contributed by atoms with E-state index in [9.17, 15) is 5.11 Å². The number of rotatable bonds is 7. The monoisotopic (exact) mass is 372 g/mol. The second-order valence-electron chi connectivity index (χ2n) is 7.57. The van der Waals surface area contributed by atoms with Gasteiger partial charge in [-0.15, -0.1) is 0 Å². The minimum Gasteiger partial charge on any atom is -0.496 e. The maximum Gasteiger partial charge on any atom is 0.122 e. The summed E-state index contributed by atoms with van der Waals surface area (Å²) in [4.78, 5) is 4.99. The summed E-state index contributed by atoms with van der Waals surface area (Å²) in [5, 5.41) is 13.8. The van der Waals surface area contributed by atoms with Crippen LogP contribution in [0.4, 0.5) is 0 Å². The van der Waals surface area contributed by atoms with Gasteiger partial charge in [-0.3, -0.25) is 14.5 Å². The van der Waals surface area contributed by atoms with Gasteiger partial charge in [-0.25, -0.2) is 0 Å². The summed E-state index contributed by atoms with van der Waals surface area (Å²) < 4.78 is 7.30. The van der Waals surface area contributed by atoms with Crippen LogP contribution in [-0.2, 0) is 20.1 Å². The number of benzene rings is 1. The van der Waals surface area contributed by atoms with Gasteiger partial charge in [0.25, 0.3) is 0 Å². The molecule has 1 saturated heterocycles. The number of hydrogen-bond donors (Lipinski definition) is 1. The Kier molecular flexibility index (Phi) is 6.52. The highest BCUT2D eigenvalue weighted by atomic mass is 16.5. The summed E-state index contributed by atoms with van der Waals surface area (Å²) in [7, 11) is 3.68. The van der Waals surface area contributed by atoms with Crippen molar-refractivity contribution < 1.29 is 9.84 Å². The van der Waals surface area contributed by atoms with E-state index in [0.717, 1.165) is 44.9 Å². The van der Waals surface area contributed by atoms with Crippen LogP contribution in [0.2, 0.25) is 0 Å². The second kappa shape index (κ2) is 8.87. The van der Waals surface area contributed by atoms with Crippen LogP contribution >= 0.6 is 0 Å². The Bertz CT molecular complexity index is 759. The van der Waals surface area contributed by atoms with Gasteiger partial charge < -0.3 is 9.84 Å². The van der Waals surface area contributed by atoms with Crippen molar-refractivity contribution in [3.05, 3.63) is 46.8 Å². The fourth-order valence-corrected chi connectivity index (χ4v) is 4.01. The first-order valence-electron chi connectivity index (χ1n) is 9.69. The van der Waals surface area contributed by atoms with Crippen LogP contribution in [0.25, 0.3) is 0 Å². The van der Waals surface area contributed by atoms with Gasteiger partial charge in [-0.1, -0.05) is 6.07 Å². The van der Waals surface area contributed by atoms with Crippen LogP contribution in [0.5, 0.6) is 5.75 Å². The normalized spacial score (nSPS) is 18.8. The number of aryl methyl sites for hydroxylation is 1. The number of ether oxygens (including phenoxy) is 1. The van der Waals surface area contributed by atoms with E-state index >= 15 is 0 Å². The predicted molar refractivity (Wildman–Crippen MR) is 107 cm³/mol. The summed E-state index contributed by atoms with van der Waals surface area (Å²) in [6.07, 6.45) is 4.82. The summed E-state index contributed by atoms with van der Waals surface area (Å²) in [5.74, 6) is 0.949. The molecule has 1 aromatic heterocycles. The molecule has 148 valence electrons. The number of methoxy groups -OCH3 is 1. The van der Waals surface area contributed by atoms with Crippen LogP contribution in [-0.4, -0.2) is 64.1 Å². The van der Waals surface area contributed by atoms with Crippen LogP contribution in [0.3, 0.4) is 0 Å². The molecule has 3 rings (SSSR count). The molecule has 27 heavy (non-hydrogen) atoms. The summed E-state index contributed by atoms with van der Waals surface area (Å²) >= 11 is 0. The van der Waals surface area contributed by atoms with E-state index in [1.165, 1.54) is 22.3 Å². The van der Waals surface area contributed by atoms with E-state index in [0.29, 0.717) is 6.04 Å². The number of aliphatic hydroxyl groups is 1. The van der Waals surface area contributed by atoms with Crippen molar-refractivity contribution in [1.29, 1.82) is 0 Å². The van der Waals surface area contributed by atoms with Crippen molar-refractivity contribution in [2.45, 2.75) is 39.4 Å². The fraction of sp³-hybridized carbons (Fsp3) is 0.571. The Morgan fingerprint density at radius 1 is 1.19 bits per heavy atom. The van der Waals surface area contributed by atoms with E-state index < -0.39 is 0 Å². The number of piperazine rings is 1. The Hall–Kier alpha value is -1.89. The van der Waals surface area contributed by atoms with Crippen LogP contribution in [0.1, 0.15) is 28.7 Å². The molecule has 1 aliphatic heterocycles. The van der Waals surface area contributed by atoms with Gasteiger partial charge in [0.1, 0.15) is 5.75 Å². The molecule has 1 atom stereocenters. The first kappa shape index (κ1) is 19.9. The average molecular weight is 373 g/mol. The average Bonchev–Trinajstić information content (AvgIpc) is 3.06. The van der Waals surface area contributed by atoms with Gasteiger partial charge in [0.15, 0.2) is 0 Å². The van der Waals surface area contributed by atoms with Crippen molar-refractivity contribution in [1.82, 2.24) is 19.6 Å². The molecule has 0 saturated carbocycles. The number of aromatic nitrogens is 2. The molecule has 1 aromatic carbocycles. The molecular formula is C21H32N4O2. The molecule has 0 radical (unpaired) electrons. The predicted octanol–water partition coefficient (Wildman–Crippen LogP) is 2.11. The number of hydrogen-bond acceptors (Lipinski definition) is 5. The first-order valence-corrected chi connectivity index (χ1v) is 9.69. The molecule has 1 N–H and O–H groups in total. The van der Waals surface area contributed by atoms with E-state index in [1.54, 1.807) is 7.11 Å². The summed E-state index contributed by atoms with van der Waals surface area (Å²) in [5.41, 5.74) is 5.10. The molecule has 1 fully saturated rings. The Morgan fingerprint density at radius 2 is 2.00 bits per heavy atom. The first-order chi connectivity index (χ1) is 13.0. The summed E-state index contributed by atoms with van der Waals surface area (Å²) in [6, 6.07) is 4.61. The van der Waals surface area contributed by atoms with Crippen LogP contribution < -0.4 is 4.74 Å². The SMILES string of the molecule is COc1ccc(CN2CCN(Cc3cnn(C)c3)CC2CCO)c(C)c1C.